The van der Waals surface area contributed by atoms with Crippen molar-refractivity contribution in [3.05, 3.63) is 22.4 Å². The number of nitrogens with zero attached hydrogens (tertiary/aromatic N) is 1. The number of carbonyl (C=O) groups is 1. The van der Waals surface area contributed by atoms with Crippen LogP contribution in [0.25, 0.3) is 0 Å². The second-order valence-corrected chi connectivity index (χ2v) is 5.89. The van der Waals surface area contributed by atoms with Crippen molar-refractivity contribution in [2.24, 2.45) is 0 Å². The molecule has 1 aliphatic rings. The van der Waals surface area contributed by atoms with Crippen LogP contribution in [0, 0.1) is 0 Å². The van der Waals surface area contributed by atoms with Crippen molar-refractivity contribution >= 4 is 17.2 Å². The minimum absolute atomic E-state index is 0.0692. The van der Waals surface area contributed by atoms with Crippen LogP contribution < -0.4 is 5.32 Å². The maximum absolute atomic E-state index is 12.0. The fraction of sp³-hybridized carbons (Fsp3) is 0.643. The summed E-state index contributed by atoms with van der Waals surface area (Å²) in [4.78, 5) is 14.3. The van der Waals surface area contributed by atoms with E-state index >= 15 is 0 Å². The van der Waals surface area contributed by atoms with Gasteiger partial charge in [0.05, 0.1) is 13.2 Å². The van der Waals surface area contributed by atoms with Crippen LogP contribution in [0.4, 0.5) is 0 Å². The number of ether oxygens (including phenoxy) is 1. The summed E-state index contributed by atoms with van der Waals surface area (Å²) in [6.07, 6.45) is 2.32. The third-order valence-corrected chi connectivity index (χ3v) is 4.16. The zero-order chi connectivity index (χ0) is 13.7. The lowest BCUT2D eigenvalue weighted by Gasteiger charge is -2.24. The van der Waals surface area contributed by atoms with Crippen molar-refractivity contribution < 1.29 is 9.53 Å². The van der Waals surface area contributed by atoms with Gasteiger partial charge in [-0.15, -0.1) is 0 Å². The molecule has 2 rings (SSSR count). The van der Waals surface area contributed by atoms with E-state index in [1.807, 2.05) is 6.92 Å². The minimum atomic E-state index is 0.0692. The van der Waals surface area contributed by atoms with Crippen LogP contribution in [0.2, 0.25) is 0 Å². The van der Waals surface area contributed by atoms with Crippen molar-refractivity contribution in [2.45, 2.75) is 31.8 Å². The Morgan fingerprint density at radius 2 is 2.53 bits per heavy atom. The quantitative estimate of drug-likeness (QED) is 0.868. The van der Waals surface area contributed by atoms with Gasteiger partial charge in [0, 0.05) is 19.2 Å². The van der Waals surface area contributed by atoms with Gasteiger partial charge in [-0.05, 0) is 48.7 Å². The Morgan fingerprint density at radius 3 is 3.21 bits per heavy atom. The molecule has 1 amide bonds. The third kappa shape index (κ3) is 4.03. The second-order valence-electron chi connectivity index (χ2n) is 5.11. The minimum Gasteiger partial charge on any atom is -0.383 e. The SMILES string of the molecule is COC[C@H](C)NC(=O)CN1CCC[C@@H]1c1ccsc1. The molecular weight excluding hydrogens is 260 g/mol. The number of methoxy groups -OCH3 is 1. The van der Waals surface area contributed by atoms with Crippen LogP contribution in [0.1, 0.15) is 31.4 Å². The molecule has 1 aromatic rings. The molecule has 0 unspecified atom stereocenters. The molecule has 4 nitrogen and oxygen atoms in total. The van der Waals surface area contributed by atoms with Gasteiger partial charge in [0.15, 0.2) is 0 Å². The third-order valence-electron chi connectivity index (χ3n) is 3.46. The van der Waals surface area contributed by atoms with Crippen LogP contribution in [0.3, 0.4) is 0 Å². The van der Waals surface area contributed by atoms with Crippen LogP contribution in [-0.4, -0.2) is 43.7 Å². The molecule has 0 saturated carbocycles. The van der Waals surface area contributed by atoms with Gasteiger partial charge < -0.3 is 10.1 Å². The van der Waals surface area contributed by atoms with Gasteiger partial charge in [0.2, 0.25) is 5.91 Å². The summed E-state index contributed by atoms with van der Waals surface area (Å²) in [6.45, 7) is 4.00. The van der Waals surface area contributed by atoms with Crippen molar-refractivity contribution in [2.75, 3.05) is 26.8 Å². The lowest BCUT2D eigenvalue weighted by Crippen LogP contribution is -2.42. The average Bonchev–Trinajstić information content (AvgIpc) is 2.98. The Hall–Kier alpha value is -0.910. The number of amides is 1. The molecule has 0 aliphatic carbocycles. The van der Waals surface area contributed by atoms with Crippen molar-refractivity contribution in [1.82, 2.24) is 10.2 Å². The topological polar surface area (TPSA) is 41.6 Å². The highest BCUT2D eigenvalue weighted by atomic mass is 32.1. The van der Waals surface area contributed by atoms with Crippen LogP contribution in [0.15, 0.2) is 16.8 Å². The fourth-order valence-electron chi connectivity index (χ4n) is 2.65. The van der Waals surface area contributed by atoms with E-state index in [9.17, 15) is 4.79 Å². The number of likely N-dealkylation sites (tertiary alicyclic amines) is 1. The Balaban J connectivity index is 1.86. The highest BCUT2D eigenvalue weighted by Crippen LogP contribution is 2.32. The van der Waals surface area contributed by atoms with E-state index in [1.165, 1.54) is 12.0 Å². The van der Waals surface area contributed by atoms with Crippen molar-refractivity contribution in [3.63, 3.8) is 0 Å². The molecule has 19 heavy (non-hydrogen) atoms. The zero-order valence-corrected chi connectivity index (χ0v) is 12.4. The molecule has 0 aromatic carbocycles. The maximum atomic E-state index is 12.0. The van der Waals surface area contributed by atoms with Crippen molar-refractivity contribution in [1.29, 1.82) is 0 Å². The van der Waals surface area contributed by atoms with Gasteiger partial charge in [-0.1, -0.05) is 0 Å². The van der Waals surface area contributed by atoms with Crippen LogP contribution in [-0.2, 0) is 9.53 Å². The Labute approximate surface area is 118 Å². The van der Waals surface area contributed by atoms with Gasteiger partial charge in [0.25, 0.3) is 0 Å². The zero-order valence-electron chi connectivity index (χ0n) is 11.6. The van der Waals surface area contributed by atoms with Crippen LogP contribution >= 0.6 is 11.3 Å². The number of hydrogen-bond acceptors (Lipinski definition) is 4. The van der Waals surface area contributed by atoms with Gasteiger partial charge in [-0.3, -0.25) is 9.69 Å². The van der Waals surface area contributed by atoms with E-state index in [0.29, 0.717) is 19.2 Å². The molecule has 0 bridgehead atoms. The molecule has 1 fully saturated rings. The predicted molar refractivity (Wildman–Crippen MR) is 77.3 cm³/mol. The van der Waals surface area contributed by atoms with Gasteiger partial charge in [0.1, 0.15) is 0 Å². The Morgan fingerprint density at radius 1 is 1.68 bits per heavy atom. The molecule has 0 spiro atoms. The Kier molecular flexibility index (Phi) is 5.36. The first kappa shape index (κ1) is 14.5. The average molecular weight is 282 g/mol. The first-order valence-electron chi connectivity index (χ1n) is 6.75. The summed E-state index contributed by atoms with van der Waals surface area (Å²) in [5.41, 5.74) is 1.35. The number of thiophene rings is 1. The van der Waals surface area contributed by atoms with E-state index < -0.39 is 0 Å². The monoisotopic (exact) mass is 282 g/mol. The molecule has 5 heteroatoms. The molecule has 2 atom stereocenters. The number of nitrogens with one attached hydrogen (secondary N) is 1. The predicted octanol–water partition coefficient (Wildman–Crippen LogP) is 2.04. The summed E-state index contributed by atoms with van der Waals surface area (Å²) in [5.74, 6) is 0.0895. The van der Waals surface area contributed by atoms with E-state index in [1.54, 1.807) is 18.4 Å². The lowest BCUT2D eigenvalue weighted by atomic mass is 10.1. The highest BCUT2D eigenvalue weighted by Gasteiger charge is 2.27. The summed E-state index contributed by atoms with van der Waals surface area (Å²) < 4.78 is 5.03. The molecule has 2 heterocycles. The number of hydrogen-bond donors (Lipinski definition) is 1. The maximum Gasteiger partial charge on any atom is 0.234 e. The van der Waals surface area contributed by atoms with Crippen molar-refractivity contribution in [3.8, 4) is 0 Å². The van der Waals surface area contributed by atoms with E-state index in [2.05, 4.69) is 27.0 Å². The van der Waals surface area contributed by atoms with Gasteiger partial charge in [-0.2, -0.15) is 11.3 Å². The highest BCUT2D eigenvalue weighted by molar-refractivity contribution is 7.07. The lowest BCUT2D eigenvalue weighted by molar-refractivity contribution is -0.123. The smallest absolute Gasteiger partial charge is 0.234 e. The first-order chi connectivity index (χ1) is 9.20. The standard InChI is InChI=1S/C14H22N2O2S/c1-11(9-18-2)15-14(17)8-16-6-3-4-13(16)12-5-7-19-10-12/h5,7,10-11,13H,3-4,6,8-9H2,1-2H3,(H,15,17)/t11-,13+/m0/s1. The molecule has 1 aliphatic heterocycles. The molecule has 1 N–H and O–H groups in total. The summed E-state index contributed by atoms with van der Waals surface area (Å²) in [6, 6.07) is 2.65. The molecular formula is C14H22N2O2S. The van der Waals surface area contributed by atoms with Gasteiger partial charge in [-0.25, -0.2) is 0 Å². The normalized spacial score (nSPS) is 21.5. The number of carbonyl (C=O) groups excluding carboxylic acids is 1. The van der Waals surface area contributed by atoms with E-state index in [-0.39, 0.29) is 11.9 Å². The number of rotatable bonds is 6. The van der Waals surface area contributed by atoms with Crippen LogP contribution in [0.5, 0.6) is 0 Å². The first-order valence-corrected chi connectivity index (χ1v) is 7.69. The largest absolute Gasteiger partial charge is 0.383 e. The molecule has 106 valence electrons. The fourth-order valence-corrected chi connectivity index (χ4v) is 3.36. The summed E-state index contributed by atoms with van der Waals surface area (Å²) >= 11 is 1.72. The van der Waals surface area contributed by atoms with E-state index in [0.717, 1.165) is 13.0 Å². The summed E-state index contributed by atoms with van der Waals surface area (Å²) in [7, 11) is 1.65. The van der Waals surface area contributed by atoms with E-state index in [4.69, 9.17) is 4.74 Å². The summed E-state index contributed by atoms with van der Waals surface area (Å²) in [5, 5.41) is 7.26. The Bertz CT molecular complexity index is 394. The molecule has 1 saturated heterocycles. The second kappa shape index (κ2) is 7.03. The van der Waals surface area contributed by atoms with Gasteiger partial charge >= 0.3 is 0 Å². The molecule has 0 radical (unpaired) electrons. The molecule has 1 aromatic heterocycles.